The van der Waals surface area contributed by atoms with Crippen LogP contribution in [0.2, 0.25) is 0 Å². The molecule has 0 amide bonds. The van der Waals surface area contributed by atoms with Crippen LogP contribution in [-0.2, 0) is 0 Å². The van der Waals surface area contributed by atoms with Crippen LogP contribution in [0.5, 0.6) is 5.88 Å². The van der Waals surface area contributed by atoms with Crippen LogP contribution in [0.1, 0.15) is 20.8 Å². The van der Waals surface area contributed by atoms with Gasteiger partial charge in [-0.15, -0.1) is 0 Å². The van der Waals surface area contributed by atoms with E-state index in [-0.39, 0.29) is 12.6 Å². The number of pyridine rings is 1. The highest BCUT2D eigenvalue weighted by Crippen LogP contribution is 2.21. The first kappa shape index (κ1) is 13.6. The molecule has 0 radical (unpaired) electrons. The Bertz CT molecular complexity index is 356. The molecule has 5 nitrogen and oxygen atoms in total. The molecular weight excluding hydrogens is 218 g/mol. The summed E-state index contributed by atoms with van der Waals surface area (Å²) in [5.41, 5.74) is 6.30. The normalized spacial score (nSPS) is 12.5. The maximum Gasteiger partial charge on any atom is 0.239 e. The molecule has 1 rings (SSSR count). The van der Waals surface area contributed by atoms with Gasteiger partial charge in [0.05, 0.1) is 18.9 Å². The van der Waals surface area contributed by atoms with Gasteiger partial charge in [-0.25, -0.2) is 0 Å². The van der Waals surface area contributed by atoms with E-state index < -0.39 is 0 Å². The predicted molar refractivity (Wildman–Crippen MR) is 69.2 cm³/mol. The summed E-state index contributed by atoms with van der Waals surface area (Å²) >= 11 is 0. The predicted octanol–water partition coefficient (Wildman–Crippen LogP) is 1.49. The number of aromatic nitrogens is 1. The molecule has 1 unspecified atom stereocenters. The van der Waals surface area contributed by atoms with Crippen LogP contribution in [-0.4, -0.2) is 29.3 Å². The van der Waals surface area contributed by atoms with Crippen LogP contribution in [0.3, 0.4) is 0 Å². The van der Waals surface area contributed by atoms with Gasteiger partial charge in [-0.05, 0) is 25.0 Å². The number of anilines is 2. The van der Waals surface area contributed by atoms with E-state index in [4.69, 9.17) is 15.6 Å². The van der Waals surface area contributed by atoms with Crippen molar-refractivity contribution in [1.29, 1.82) is 0 Å². The first-order valence-electron chi connectivity index (χ1n) is 5.79. The number of nitrogens with one attached hydrogen (secondary N) is 1. The van der Waals surface area contributed by atoms with Crippen molar-refractivity contribution >= 4 is 11.5 Å². The molecule has 1 atom stereocenters. The maximum atomic E-state index is 8.95. The van der Waals surface area contributed by atoms with Crippen LogP contribution in [0.25, 0.3) is 0 Å². The van der Waals surface area contributed by atoms with Crippen LogP contribution in [0.15, 0.2) is 12.1 Å². The van der Waals surface area contributed by atoms with Crippen molar-refractivity contribution in [2.24, 2.45) is 5.92 Å². The second-order valence-corrected chi connectivity index (χ2v) is 4.52. The fourth-order valence-electron chi connectivity index (χ4n) is 1.19. The van der Waals surface area contributed by atoms with Crippen LogP contribution in [0, 0.1) is 5.92 Å². The van der Waals surface area contributed by atoms with E-state index >= 15 is 0 Å². The summed E-state index contributed by atoms with van der Waals surface area (Å²) in [6, 6.07) is 3.46. The molecule has 0 saturated carbocycles. The third-order valence-electron chi connectivity index (χ3n) is 2.11. The van der Waals surface area contributed by atoms with E-state index in [1.165, 1.54) is 0 Å². The highest BCUT2D eigenvalue weighted by molar-refractivity contribution is 5.53. The smallest absolute Gasteiger partial charge is 0.239 e. The Morgan fingerprint density at radius 3 is 2.71 bits per heavy atom. The van der Waals surface area contributed by atoms with Gasteiger partial charge in [-0.1, -0.05) is 13.8 Å². The van der Waals surface area contributed by atoms with Crippen molar-refractivity contribution in [2.75, 3.05) is 24.3 Å². The van der Waals surface area contributed by atoms with E-state index in [9.17, 15) is 0 Å². The molecule has 0 bridgehead atoms. The number of ether oxygens (including phenoxy) is 1. The zero-order chi connectivity index (χ0) is 12.8. The quantitative estimate of drug-likeness (QED) is 0.701. The SMILES string of the molecule is CC(C)COc1nc(NC(C)CO)ccc1N. The minimum Gasteiger partial charge on any atom is -0.476 e. The fraction of sp³-hybridized carbons (Fsp3) is 0.583. The van der Waals surface area contributed by atoms with E-state index in [2.05, 4.69) is 24.1 Å². The van der Waals surface area contributed by atoms with E-state index in [0.717, 1.165) is 0 Å². The van der Waals surface area contributed by atoms with E-state index in [0.29, 0.717) is 29.9 Å². The summed E-state index contributed by atoms with van der Waals surface area (Å²) in [4.78, 5) is 4.26. The molecular formula is C12H21N3O2. The maximum absolute atomic E-state index is 8.95. The average Bonchev–Trinajstić information content (AvgIpc) is 2.29. The molecule has 17 heavy (non-hydrogen) atoms. The summed E-state index contributed by atoms with van der Waals surface area (Å²) in [5, 5.41) is 12.0. The number of nitrogen functional groups attached to an aromatic ring is 1. The van der Waals surface area contributed by atoms with Crippen molar-refractivity contribution in [3.63, 3.8) is 0 Å². The molecule has 4 N–H and O–H groups in total. The lowest BCUT2D eigenvalue weighted by atomic mass is 10.2. The second kappa shape index (κ2) is 6.30. The van der Waals surface area contributed by atoms with Gasteiger partial charge >= 0.3 is 0 Å². The summed E-state index contributed by atoms with van der Waals surface area (Å²) in [6.07, 6.45) is 0. The number of rotatable bonds is 6. The first-order chi connectivity index (χ1) is 8.02. The van der Waals surface area contributed by atoms with Crippen molar-refractivity contribution in [1.82, 2.24) is 4.98 Å². The standard InChI is InChI=1S/C12H21N3O2/c1-8(2)7-17-12-10(13)4-5-11(15-12)14-9(3)6-16/h4-5,8-9,16H,6-7,13H2,1-3H3,(H,14,15). The van der Waals surface area contributed by atoms with Gasteiger partial charge in [0, 0.05) is 6.04 Å². The van der Waals surface area contributed by atoms with Crippen molar-refractivity contribution in [3.8, 4) is 5.88 Å². The van der Waals surface area contributed by atoms with E-state index in [1.807, 2.05) is 6.92 Å². The Morgan fingerprint density at radius 1 is 1.41 bits per heavy atom. The lowest BCUT2D eigenvalue weighted by molar-refractivity contribution is 0.262. The number of hydrogen-bond donors (Lipinski definition) is 3. The van der Waals surface area contributed by atoms with Crippen molar-refractivity contribution in [2.45, 2.75) is 26.8 Å². The van der Waals surface area contributed by atoms with Gasteiger partial charge in [0.15, 0.2) is 0 Å². The minimum atomic E-state index is -0.0518. The molecule has 0 aliphatic rings. The average molecular weight is 239 g/mol. The summed E-state index contributed by atoms with van der Waals surface area (Å²) in [7, 11) is 0. The molecule has 0 aromatic carbocycles. The largest absolute Gasteiger partial charge is 0.476 e. The Kier molecular flexibility index (Phi) is 5.03. The highest BCUT2D eigenvalue weighted by atomic mass is 16.5. The molecule has 0 spiro atoms. The zero-order valence-corrected chi connectivity index (χ0v) is 10.6. The fourth-order valence-corrected chi connectivity index (χ4v) is 1.19. The number of aliphatic hydroxyl groups excluding tert-OH is 1. The third kappa shape index (κ3) is 4.48. The Morgan fingerprint density at radius 2 is 2.12 bits per heavy atom. The van der Waals surface area contributed by atoms with Crippen molar-refractivity contribution in [3.05, 3.63) is 12.1 Å². The Labute approximate surface area is 102 Å². The van der Waals surface area contributed by atoms with Gasteiger partial charge in [-0.2, -0.15) is 4.98 Å². The van der Waals surface area contributed by atoms with Crippen LogP contribution >= 0.6 is 0 Å². The van der Waals surface area contributed by atoms with Gasteiger partial charge < -0.3 is 20.9 Å². The number of nitrogens with two attached hydrogens (primary N) is 1. The molecule has 1 heterocycles. The number of hydrogen-bond acceptors (Lipinski definition) is 5. The van der Waals surface area contributed by atoms with Crippen molar-refractivity contribution < 1.29 is 9.84 Å². The lowest BCUT2D eigenvalue weighted by Crippen LogP contribution is -2.20. The highest BCUT2D eigenvalue weighted by Gasteiger charge is 2.07. The summed E-state index contributed by atoms with van der Waals surface area (Å²) in [6.45, 7) is 6.62. The van der Waals surface area contributed by atoms with Gasteiger partial charge in [0.1, 0.15) is 5.82 Å². The molecule has 96 valence electrons. The topological polar surface area (TPSA) is 80.4 Å². The molecule has 1 aromatic rings. The molecule has 0 saturated heterocycles. The van der Waals surface area contributed by atoms with Crippen LogP contribution in [0.4, 0.5) is 11.5 Å². The second-order valence-electron chi connectivity index (χ2n) is 4.52. The summed E-state index contributed by atoms with van der Waals surface area (Å²) < 4.78 is 5.52. The molecule has 0 aliphatic heterocycles. The Hall–Kier alpha value is -1.49. The Balaban J connectivity index is 2.72. The monoisotopic (exact) mass is 239 g/mol. The summed E-state index contributed by atoms with van der Waals surface area (Å²) in [5.74, 6) is 1.51. The number of aliphatic hydroxyl groups is 1. The van der Waals surface area contributed by atoms with Crippen LogP contribution < -0.4 is 15.8 Å². The zero-order valence-electron chi connectivity index (χ0n) is 10.6. The van der Waals surface area contributed by atoms with E-state index in [1.54, 1.807) is 12.1 Å². The van der Waals surface area contributed by atoms with Gasteiger partial charge in [-0.3, -0.25) is 0 Å². The van der Waals surface area contributed by atoms with Gasteiger partial charge in [0.2, 0.25) is 5.88 Å². The number of nitrogens with zero attached hydrogens (tertiary/aromatic N) is 1. The molecule has 0 fully saturated rings. The first-order valence-corrected chi connectivity index (χ1v) is 5.79. The molecule has 5 heteroatoms. The molecule has 1 aromatic heterocycles. The third-order valence-corrected chi connectivity index (χ3v) is 2.11. The minimum absolute atomic E-state index is 0.0498. The van der Waals surface area contributed by atoms with Gasteiger partial charge in [0.25, 0.3) is 0 Å². The molecule has 0 aliphatic carbocycles. The lowest BCUT2D eigenvalue weighted by Gasteiger charge is -2.14.